The molecule has 0 atom stereocenters. The second kappa shape index (κ2) is 2.62. The van der Waals surface area contributed by atoms with Crippen molar-refractivity contribution >= 4 is 5.78 Å². The average Bonchev–Trinajstić information content (AvgIpc) is 1.88. The van der Waals surface area contributed by atoms with Gasteiger partial charge in [-0.3, -0.25) is 4.42 Å². The van der Waals surface area contributed by atoms with E-state index in [1.54, 1.807) is 7.11 Å². The van der Waals surface area contributed by atoms with Gasteiger partial charge in [0.2, 0.25) is 0 Å². The molecule has 0 aromatic carbocycles. The number of rotatable bonds is 0. The van der Waals surface area contributed by atoms with Gasteiger partial charge in [-0.2, -0.15) is 0 Å². The van der Waals surface area contributed by atoms with Crippen LogP contribution in [0.1, 0.15) is 13.3 Å². The third kappa shape index (κ3) is 1.53. The minimum atomic E-state index is 0.965. The van der Waals surface area contributed by atoms with Crippen molar-refractivity contribution in [2.24, 2.45) is 0 Å². The van der Waals surface area contributed by atoms with Crippen LogP contribution in [0.4, 0.5) is 0 Å². The Morgan fingerprint density at radius 1 is 1.56 bits per heavy atom. The van der Waals surface area contributed by atoms with E-state index in [4.69, 9.17) is 4.42 Å². The zero-order chi connectivity index (χ0) is 6.69. The first-order valence-electron chi connectivity index (χ1n) is 3.06. The second-order valence-electron chi connectivity index (χ2n) is 2.22. The van der Waals surface area contributed by atoms with Gasteiger partial charge < -0.3 is 0 Å². The van der Waals surface area contributed by atoms with Gasteiger partial charge in [0.05, 0.1) is 6.42 Å². The monoisotopic (exact) mass is 123 g/mol. The van der Waals surface area contributed by atoms with Crippen molar-refractivity contribution in [3.8, 4) is 0 Å². The van der Waals surface area contributed by atoms with Crippen molar-refractivity contribution in [3.05, 3.63) is 23.8 Å². The first kappa shape index (κ1) is 6.27. The van der Waals surface area contributed by atoms with E-state index < -0.39 is 0 Å². The highest BCUT2D eigenvalue weighted by atomic mass is 16.4. The van der Waals surface area contributed by atoms with Crippen LogP contribution in [0.2, 0.25) is 0 Å². The van der Waals surface area contributed by atoms with Gasteiger partial charge in [-0.25, -0.2) is 0 Å². The highest BCUT2D eigenvalue weighted by Crippen LogP contribution is 2.06. The van der Waals surface area contributed by atoms with Crippen LogP contribution < -0.4 is 0 Å². The maximum Gasteiger partial charge on any atom is 0.323 e. The molecule has 1 rings (SSSR count). The van der Waals surface area contributed by atoms with Gasteiger partial charge in [0, 0.05) is 6.08 Å². The molecule has 0 amide bonds. The molecule has 0 spiro atoms. The van der Waals surface area contributed by atoms with Gasteiger partial charge in [0.1, 0.15) is 0 Å². The lowest BCUT2D eigenvalue weighted by molar-refractivity contribution is -0.420. The lowest BCUT2D eigenvalue weighted by atomic mass is 10.1. The third-order valence-electron chi connectivity index (χ3n) is 1.38. The number of ketones is 1. The lowest BCUT2D eigenvalue weighted by Crippen LogP contribution is -1.99. The summed E-state index contributed by atoms with van der Waals surface area (Å²) in [6.45, 7) is 2.10. The molecular formula is C8H11O+. The minimum Gasteiger partial charge on any atom is -0.262 e. The molecule has 9 heavy (non-hydrogen) atoms. The predicted molar refractivity (Wildman–Crippen MR) is 38.4 cm³/mol. The molecule has 1 aliphatic carbocycles. The van der Waals surface area contributed by atoms with Gasteiger partial charge in [-0.05, 0) is 6.92 Å². The fourth-order valence-electron chi connectivity index (χ4n) is 0.853. The Bertz CT molecular complexity index is 185. The van der Waals surface area contributed by atoms with Gasteiger partial charge in [0.25, 0.3) is 7.11 Å². The smallest absolute Gasteiger partial charge is 0.262 e. The fourth-order valence-corrected chi connectivity index (χ4v) is 0.853. The van der Waals surface area contributed by atoms with Crippen LogP contribution >= 0.6 is 0 Å². The zero-order valence-corrected chi connectivity index (χ0v) is 5.85. The summed E-state index contributed by atoms with van der Waals surface area (Å²) in [5, 5.41) is 0. The Kier molecular flexibility index (Phi) is 1.83. The quantitative estimate of drug-likeness (QED) is 0.434. The van der Waals surface area contributed by atoms with E-state index in [0.717, 1.165) is 12.2 Å². The summed E-state index contributed by atoms with van der Waals surface area (Å²) in [6.07, 6.45) is 7.07. The van der Waals surface area contributed by atoms with E-state index >= 15 is 0 Å². The predicted octanol–water partition coefficient (Wildman–Crippen LogP) is 1.63. The van der Waals surface area contributed by atoms with Crippen molar-refractivity contribution in [1.29, 1.82) is 0 Å². The SMILES string of the molecule is C[O+]=C1C=CC=C(C)C1. The molecule has 0 saturated heterocycles. The molecule has 0 aromatic heterocycles. The maximum absolute atomic E-state index is 5.05. The lowest BCUT2D eigenvalue weighted by Gasteiger charge is -1.95. The maximum atomic E-state index is 5.05. The van der Waals surface area contributed by atoms with Crippen molar-refractivity contribution in [2.45, 2.75) is 13.3 Å². The van der Waals surface area contributed by atoms with E-state index in [1.165, 1.54) is 5.57 Å². The normalized spacial score (nSPS) is 22.4. The van der Waals surface area contributed by atoms with E-state index in [1.807, 2.05) is 12.2 Å². The number of hydrogen-bond acceptors (Lipinski definition) is 0. The molecule has 1 nitrogen and oxygen atoms in total. The van der Waals surface area contributed by atoms with Crippen LogP contribution in [0, 0.1) is 0 Å². The highest BCUT2D eigenvalue weighted by molar-refractivity contribution is 5.93. The number of hydrogen-bond donors (Lipinski definition) is 0. The minimum absolute atomic E-state index is 0.965. The molecule has 0 heterocycles. The summed E-state index contributed by atoms with van der Waals surface area (Å²) in [6, 6.07) is 0. The molecule has 0 N–H and O–H groups in total. The molecule has 48 valence electrons. The van der Waals surface area contributed by atoms with E-state index in [2.05, 4.69) is 13.0 Å². The number of allylic oxidation sites excluding steroid dienone is 4. The Labute approximate surface area is 55.4 Å². The first-order chi connectivity index (χ1) is 4.33. The van der Waals surface area contributed by atoms with Crippen molar-refractivity contribution in [2.75, 3.05) is 7.11 Å². The number of carbonyl (C=O) groups excluding carboxylic acids is 1. The molecule has 1 aliphatic rings. The molecule has 0 bridgehead atoms. The molecule has 0 fully saturated rings. The highest BCUT2D eigenvalue weighted by Gasteiger charge is 2.08. The van der Waals surface area contributed by atoms with Crippen LogP contribution in [0.5, 0.6) is 0 Å². The van der Waals surface area contributed by atoms with Gasteiger partial charge >= 0.3 is 5.78 Å². The zero-order valence-electron chi connectivity index (χ0n) is 5.85. The summed E-state index contributed by atoms with van der Waals surface area (Å²) in [4.78, 5) is 0. The van der Waals surface area contributed by atoms with Gasteiger partial charge in [-0.15, -0.1) is 0 Å². The van der Waals surface area contributed by atoms with Crippen molar-refractivity contribution in [3.63, 3.8) is 0 Å². The summed E-state index contributed by atoms with van der Waals surface area (Å²) < 4.78 is 5.05. The fraction of sp³-hybridized carbons (Fsp3) is 0.375. The molecular weight excluding hydrogens is 112 g/mol. The summed E-state index contributed by atoms with van der Waals surface area (Å²) in [5.74, 6) is 1.05. The Morgan fingerprint density at radius 2 is 2.33 bits per heavy atom. The molecule has 0 radical (unpaired) electrons. The molecule has 0 aliphatic heterocycles. The third-order valence-corrected chi connectivity index (χ3v) is 1.38. The topological polar surface area (TPSA) is 11.3 Å². The van der Waals surface area contributed by atoms with Crippen LogP contribution in [-0.2, 0) is 4.42 Å². The molecule has 0 saturated carbocycles. The second-order valence-corrected chi connectivity index (χ2v) is 2.22. The summed E-state index contributed by atoms with van der Waals surface area (Å²) in [5.41, 5.74) is 1.36. The Morgan fingerprint density at radius 3 is 2.78 bits per heavy atom. The molecule has 0 unspecified atom stereocenters. The summed E-state index contributed by atoms with van der Waals surface area (Å²) in [7, 11) is 1.71. The largest absolute Gasteiger partial charge is 0.323 e. The van der Waals surface area contributed by atoms with E-state index in [-0.39, 0.29) is 0 Å². The van der Waals surface area contributed by atoms with Crippen LogP contribution in [0.15, 0.2) is 23.8 Å². The van der Waals surface area contributed by atoms with E-state index in [0.29, 0.717) is 0 Å². The van der Waals surface area contributed by atoms with Crippen molar-refractivity contribution in [1.82, 2.24) is 0 Å². The summed E-state index contributed by atoms with van der Waals surface area (Å²) >= 11 is 0. The van der Waals surface area contributed by atoms with E-state index in [9.17, 15) is 0 Å². The van der Waals surface area contributed by atoms with Crippen LogP contribution in [0.25, 0.3) is 0 Å². The standard InChI is InChI=1S/C8H11O/c1-7-4-3-5-8(6-7)9-2/h3-5H,6H2,1-2H3/q+1. The van der Waals surface area contributed by atoms with Crippen LogP contribution in [0.3, 0.4) is 0 Å². The molecule has 0 aromatic rings. The Balaban J connectivity index is 2.73. The van der Waals surface area contributed by atoms with Crippen LogP contribution in [-0.4, -0.2) is 12.9 Å². The van der Waals surface area contributed by atoms with Crippen molar-refractivity contribution < 1.29 is 4.42 Å². The van der Waals surface area contributed by atoms with Gasteiger partial charge in [-0.1, -0.05) is 17.7 Å². The molecule has 1 heteroatoms. The Hall–Kier alpha value is -0.850. The van der Waals surface area contributed by atoms with Gasteiger partial charge in [0.15, 0.2) is 0 Å². The first-order valence-corrected chi connectivity index (χ1v) is 3.06. The average molecular weight is 123 g/mol.